The molecule has 0 fully saturated rings. The van der Waals surface area contributed by atoms with E-state index in [2.05, 4.69) is 15.5 Å². The normalized spacial score (nSPS) is 10.9. The summed E-state index contributed by atoms with van der Waals surface area (Å²) in [6.45, 7) is 5.73. The first-order valence-electron chi connectivity index (χ1n) is 6.58. The first kappa shape index (κ1) is 16.8. The average molecular weight is 295 g/mol. The first-order valence-corrected chi connectivity index (χ1v) is 6.58. The molecule has 0 saturated heterocycles. The summed E-state index contributed by atoms with van der Waals surface area (Å²) < 4.78 is 4.85. The van der Waals surface area contributed by atoms with E-state index in [0.717, 1.165) is 0 Å². The number of esters is 1. The number of hydrogen-bond donors (Lipinski definition) is 2. The minimum Gasteiger partial charge on any atom is -0.761 e. The van der Waals surface area contributed by atoms with Crippen LogP contribution in [0.1, 0.15) is 37.7 Å². The van der Waals surface area contributed by atoms with Crippen molar-refractivity contribution in [2.75, 3.05) is 23.9 Å². The van der Waals surface area contributed by atoms with E-state index in [-0.39, 0.29) is 23.8 Å². The third-order valence-electron chi connectivity index (χ3n) is 2.77. The summed E-state index contributed by atoms with van der Waals surface area (Å²) >= 11 is 0. The molecule has 0 spiro atoms. The maximum absolute atomic E-state index is 11.6. The Kier molecular flexibility index (Phi) is 6.04. The molecule has 116 valence electrons. The largest absolute Gasteiger partial charge is 0.761 e. The third-order valence-corrected chi connectivity index (χ3v) is 2.77. The van der Waals surface area contributed by atoms with Crippen molar-refractivity contribution in [2.45, 2.75) is 32.7 Å². The molecule has 0 amide bonds. The highest BCUT2D eigenvalue weighted by Gasteiger charge is 2.18. The monoisotopic (exact) mass is 295 g/mol. The van der Waals surface area contributed by atoms with Gasteiger partial charge in [-0.25, -0.2) is 9.78 Å². The van der Waals surface area contributed by atoms with Crippen molar-refractivity contribution < 1.29 is 9.53 Å². The molecule has 8 heteroatoms. The molecule has 0 radical (unpaired) electrons. The van der Waals surface area contributed by atoms with E-state index in [9.17, 15) is 14.9 Å². The maximum atomic E-state index is 11.6. The van der Waals surface area contributed by atoms with E-state index < -0.39 is 11.5 Å². The number of nitrogens with zero attached hydrogens (tertiary/aromatic N) is 2. The van der Waals surface area contributed by atoms with Crippen LogP contribution in [0.15, 0.2) is 17.3 Å². The zero-order valence-corrected chi connectivity index (χ0v) is 12.3. The predicted octanol–water partition coefficient (Wildman–Crippen LogP) is 2.52. The molecular weight excluding hydrogens is 276 g/mol. The molecule has 1 aromatic heterocycles. The van der Waals surface area contributed by atoms with E-state index in [4.69, 9.17) is 4.74 Å². The Morgan fingerprint density at radius 2 is 2.19 bits per heavy atom. The fourth-order valence-corrected chi connectivity index (χ4v) is 1.53. The van der Waals surface area contributed by atoms with Crippen molar-refractivity contribution in [1.29, 1.82) is 0 Å². The quantitative estimate of drug-likeness (QED) is 0.430. The fourth-order valence-electron chi connectivity index (χ4n) is 1.53. The fraction of sp³-hybridized carbons (Fsp3) is 0.538. The molecule has 8 nitrogen and oxygen atoms in total. The van der Waals surface area contributed by atoms with Gasteiger partial charge in [-0.1, -0.05) is 5.18 Å². The third kappa shape index (κ3) is 4.99. The topological polar surface area (TPSA) is 116 Å². The van der Waals surface area contributed by atoms with Gasteiger partial charge in [0.1, 0.15) is 5.82 Å². The van der Waals surface area contributed by atoms with Gasteiger partial charge in [0.05, 0.1) is 17.8 Å². The Bertz CT molecular complexity index is 505. The molecule has 0 aliphatic rings. The summed E-state index contributed by atoms with van der Waals surface area (Å²) in [7, 11) is 0. The number of hydrogen-bond acceptors (Lipinski definition) is 8. The van der Waals surface area contributed by atoms with Crippen LogP contribution in [0.25, 0.3) is 0 Å². The Morgan fingerprint density at radius 1 is 1.48 bits per heavy atom. The molecule has 0 unspecified atom stereocenters. The number of anilines is 2. The van der Waals surface area contributed by atoms with Crippen molar-refractivity contribution >= 4 is 17.5 Å². The zero-order valence-electron chi connectivity index (χ0n) is 12.3. The van der Waals surface area contributed by atoms with E-state index in [1.165, 1.54) is 12.1 Å². The highest BCUT2D eigenvalue weighted by atomic mass is 16.5. The molecule has 1 heterocycles. The number of aromatic nitrogens is 1. The second kappa shape index (κ2) is 7.53. The number of nitroso groups, excluding NO2 is 1. The molecule has 2 N–H and O–H groups in total. The van der Waals surface area contributed by atoms with Crippen LogP contribution < -0.4 is 10.8 Å². The molecule has 0 atom stereocenters. The van der Waals surface area contributed by atoms with Gasteiger partial charge in [0, 0.05) is 6.54 Å². The van der Waals surface area contributed by atoms with E-state index in [1.54, 1.807) is 26.3 Å². The predicted molar refractivity (Wildman–Crippen MR) is 80.2 cm³/mol. The highest BCUT2D eigenvalue weighted by Crippen LogP contribution is 2.21. The number of carbonyl (C=O) groups excluding carboxylic acids is 1. The number of carbonyl (C=O) groups is 1. The minimum atomic E-state index is -0.711. The lowest BCUT2D eigenvalue weighted by Crippen LogP contribution is -2.21. The average Bonchev–Trinajstić information content (AvgIpc) is 2.47. The molecule has 0 aliphatic carbocycles. The second-order valence-corrected chi connectivity index (χ2v) is 5.00. The number of rotatable bonds is 8. The smallest absolute Gasteiger partial charge is 0.357 e. The van der Waals surface area contributed by atoms with Crippen molar-refractivity contribution in [3.05, 3.63) is 27.9 Å². The number of pyridine rings is 1. The van der Waals surface area contributed by atoms with Crippen LogP contribution >= 0.6 is 0 Å². The van der Waals surface area contributed by atoms with Crippen LogP contribution in [0.4, 0.5) is 11.5 Å². The van der Waals surface area contributed by atoms with Gasteiger partial charge in [-0.15, -0.1) is 0 Å². The van der Waals surface area contributed by atoms with Crippen LogP contribution in [0.2, 0.25) is 0 Å². The molecular formula is C13H19N4O4-. The van der Waals surface area contributed by atoms with Gasteiger partial charge in [0.15, 0.2) is 5.69 Å². The Hall–Kier alpha value is -2.22. The van der Waals surface area contributed by atoms with Crippen molar-refractivity contribution in [3.8, 4) is 0 Å². The SMILES string of the molecule is CCOC(=O)c1ccc(N[O-])c(NCCC(C)(C)N=O)n1. The van der Waals surface area contributed by atoms with Gasteiger partial charge < -0.3 is 20.7 Å². The summed E-state index contributed by atoms with van der Waals surface area (Å²) in [6.07, 6.45) is 0.458. The lowest BCUT2D eigenvalue weighted by Gasteiger charge is -2.19. The maximum Gasteiger partial charge on any atom is 0.357 e. The minimum absolute atomic E-state index is 0.103. The van der Waals surface area contributed by atoms with E-state index in [0.29, 0.717) is 13.0 Å². The summed E-state index contributed by atoms with van der Waals surface area (Å²) in [5.74, 6) is -0.329. The van der Waals surface area contributed by atoms with Crippen LogP contribution in [-0.2, 0) is 4.74 Å². The number of nitrogens with one attached hydrogen (secondary N) is 2. The number of ether oxygens (including phenoxy) is 1. The lowest BCUT2D eigenvalue weighted by atomic mass is 10.0. The van der Waals surface area contributed by atoms with Gasteiger partial charge in [-0.05, 0) is 39.3 Å². The summed E-state index contributed by atoms with van der Waals surface area (Å²) in [6, 6.07) is 2.85. The molecule has 0 aromatic carbocycles. The summed E-state index contributed by atoms with van der Waals surface area (Å²) in [4.78, 5) is 26.2. The lowest BCUT2D eigenvalue weighted by molar-refractivity contribution is 0.0519. The standard InChI is InChI=1S/C13H19N4O4/c1-4-21-12(18)10-6-5-9(16-19)11(15-10)14-8-7-13(2,3)17-20/h5-6,16H,4,7-8H2,1-3H3,(H,14,15)/q-1. The van der Waals surface area contributed by atoms with Gasteiger partial charge in [0.2, 0.25) is 0 Å². The van der Waals surface area contributed by atoms with E-state index in [1.807, 2.05) is 0 Å². The molecule has 1 aromatic rings. The molecule has 1 rings (SSSR count). The van der Waals surface area contributed by atoms with Gasteiger partial charge in [0.25, 0.3) is 0 Å². The molecule has 0 bridgehead atoms. The summed E-state index contributed by atoms with van der Waals surface area (Å²) in [5.41, 5.74) is 1.34. The zero-order chi connectivity index (χ0) is 15.9. The molecule has 0 aliphatic heterocycles. The van der Waals surface area contributed by atoms with Crippen LogP contribution in [0, 0.1) is 10.1 Å². The van der Waals surface area contributed by atoms with Crippen LogP contribution in [-0.4, -0.2) is 29.6 Å². The van der Waals surface area contributed by atoms with Crippen molar-refractivity contribution in [1.82, 2.24) is 4.98 Å². The van der Waals surface area contributed by atoms with Crippen LogP contribution in [0.3, 0.4) is 0 Å². The Balaban J connectivity index is 2.81. The van der Waals surface area contributed by atoms with Gasteiger partial charge in [-0.2, -0.15) is 4.91 Å². The first-order chi connectivity index (χ1) is 9.93. The van der Waals surface area contributed by atoms with E-state index >= 15 is 0 Å². The van der Waals surface area contributed by atoms with Gasteiger partial charge >= 0.3 is 5.97 Å². The highest BCUT2D eigenvalue weighted by molar-refractivity contribution is 5.88. The molecule has 0 saturated carbocycles. The Morgan fingerprint density at radius 3 is 2.76 bits per heavy atom. The molecule has 21 heavy (non-hydrogen) atoms. The van der Waals surface area contributed by atoms with Crippen LogP contribution in [0.5, 0.6) is 0 Å². The second-order valence-electron chi connectivity index (χ2n) is 5.00. The van der Waals surface area contributed by atoms with Gasteiger partial charge in [-0.3, -0.25) is 0 Å². The summed E-state index contributed by atoms with van der Waals surface area (Å²) in [5, 5.41) is 16.8. The van der Waals surface area contributed by atoms with Crippen molar-refractivity contribution in [2.24, 2.45) is 5.18 Å². The Labute approximate surface area is 122 Å². The van der Waals surface area contributed by atoms with Crippen molar-refractivity contribution in [3.63, 3.8) is 0 Å².